The molecule has 2 aromatic rings. The van der Waals surface area contributed by atoms with Gasteiger partial charge in [-0.1, -0.05) is 51.5 Å². The Morgan fingerprint density at radius 1 is 1.00 bits per heavy atom. The zero-order chi connectivity index (χ0) is 25.8. The molecule has 1 atom stereocenters. The molecule has 0 saturated heterocycles. The summed E-state index contributed by atoms with van der Waals surface area (Å²) in [6.45, 7) is 4.32. The van der Waals surface area contributed by atoms with Crippen molar-refractivity contribution in [2.45, 2.75) is 71.1 Å². The van der Waals surface area contributed by atoms with Crippen molar-refractivity contribution in [2.75, 3.05) is 27.9 Å². The van der Waals surface area contributed by atoms with Crippen LogP contribution in [-0.4, -0.2) is 38.9 Å². The fourth-order valence-corrected chi connectivity index (χ4v) is 4.26. The van der Waals surface area contributed by atoms with Crippen molar-refractivity contribution >= 4 is 5.91 Å². The smallest absolute Gasteiger partial charge is 0.343 e. The third kappa shape index (κ3) is 7.67. The van der Waals surface area contributed by atoms with E-state index in [1.54, 1.807) is 19.1 Å². The monoisotopic (exact) mass is 489 g/mol. The molecule has 1 aromatic carbocycles. The largest absolute Gasteiger partial charge is 0.507 e. The predicted octanol–water partition coefficient (Wildman–Crippen LogP) is 5.07. The minimum atomic E-state index is -0.823. The Labute approximate surface area is 207 Å². The average molecular weight is 490 g/mol. The number of ether oxygens (including phenoxy) is 3. The van der Waals surface area contributed by atoms with E-state index in [1.165, 1.54) is 53.1 Å². The summed E-state index contributed by atoms with van der Waals surface area (Å²) in [5.74, 6) is 0.0643. The van der Waals surface area contributed by atoms with Crippen LogP contribution in [0.4, 0.5) is 0 Å². The van der Waals surface area contributed by atoms with E-state index in [1.807, 2.05) is 0 Å². The number of aromatic hydroxyl groups is 1. The maximum atomic E-state index is 12.9. The van der Waals surface area contributed by atoms with Gasteiger partial charge in [0.2, 0.25) is 11.7 Å². The van der Waals surface area contributed by atoms with Crippen molar-refractivity contribution in [1.82, 2.24) is 5.32 Å². The molecule has 0 bridgehead atoms. The number of carbonyl (C=O) groups is 1. The Morgan fingerprint density at radius 3 is 2.26 bits per heavy atom. The number of hydrogen-bond acceptors (Lipinski definition) is 7. The average Bonchev–Trinajstić information content (AvgIpc) is 2.83. The van der Waals surface area contributed by atoms with E-state index in [-0.39, 0.29) is 29.4 Å². The van der Waals surface area contributed by atoms with Crippen LogP contribution in [0.1, 0.15) is 81.1 Å². The van der Waals surface area contributed by atoms with Crippen LogP contribution in [-0.2, 0) is 4.79 Å². The number of unbranched alkanes of at least 4 members (excludes halogenated alkanes) is 6. The molecule has 0 radical (unpaired) electrons. The molecule has 0 unspecified atom stereocenters. The van der Waals surface area contributed by atoms with Gasteiger partial charge < -0.3 is 29.1 Å². The molecule has 0 saturated carbocycles. The van der Waals surface area contributed by atoms with E-state index in [4.69, 9.17) is 18.6 Å². The molecule has 0 aliphatic carbocycles. The van der Waals surface area contributed by atoms with Crippen LogP contribution >= 0.6 is 0 Å². The first-order valence-electron chi connectivity index (χ1n) is 12.3. The van der Waals surface area contributed by atoms with E-state index < -0.39 is 11.5 Å². The van der Waals surface area contributed by atoms with Crippen LogP contribution in [0.15, 0.2) is 27.4 Å². The van der Waals surface area contributed by atoms with Crippen LogP contribution in [0.25, 0.3) is 0 Å². The molecular weight excluding hydrogens is 450 g/mol. The maximum absolute atomic E-state index is 12.9. The molecule has 2 N–H and O–H groups in total. The van der Waals surface area contributed by atoms with Crippen molar-refractivity contribution in [3.8, 4) is 23.0 Å². The van der Waals surface area contributed by atoms with Crippen molar-refractivity contribution < 1.29 is 28.5 Å². The molecule has 8 heteroatoms. The number of carbonyl (C=O) groups excluding carboxylic acids is 1. The normalized spacial score (nSPS) is 11.7. The maximum Gasteiger partial charge on any atom is 0.343 e. The zero-order valence-electron chi connectivity index (χ0n) is 21.6. The van der Waals surface area contributed by atoms with E-state index in [0.29, 0.717) is 29.4 Å². The van der Waals surface area contributed by atoms with E-state index in [0.717, 1.165) is 19.3 Å². The van der Waals surface area contributed by atoms with Crippen LogP contribution in [0.5, 0.6) is 23.0 Å². The van der Waals surface area contributed by atoms with Gasteiger partial charge in [0, 0.05) is 30.5 Å². The van der Waals surface area contributed by atoms with Crippen molar-refractivity contribution in [2.24, 2.45) is 0 Å². The summed E-state index contributed by atoms with van der Waals surface area (Å²) < 4.78 is 21.7. The Morgan fingerprint density at radius 2 is 1.66 bits per heavy atom. The lowest BCUT2D eigenvalue weighted by Crippen LogP contribution is -2.28. The fourth-order valence-electron chi connectivity index (χ4n) is 4.26. The van der Waals surface area contributed by atoms with Gasteiger partial charge in [-0.25, -0.2) is 4.79 Å². The first-order chi connectivity index (χ1) is 16.9. The number of nitrogens with one attached hydrogen (secondary N) is 1. The highest BCUT2D eigenvalue weighted by Gasteiger charge is 2.30. The van der Waals surface area contributed by atoms with Crippen LogP contribution < -0.4 is 25.2 Å². The first-order valence-corrected chi connectivity index (χ1v) is 12.3. The highest BCUT2D eigenvalue weighted by atomic mass is 16.5. The van der Waals surface area contributed by atoms with E-state index >= 15 is 0 Å². The van der Waals surface area contributed by atoms with Gasteiger partial charge in [0.05, 0.1) is 26.9 Å². The second kappa shape index (κ2) is 14.3. The van der Waals surface area contributed by atoms with Crippen LogP contribution in [0.2, 0.25) is 0 Å². The van der Waals surface area contributed by atoms with Gasteiger partial charge in [-0.3, -0.25) is 4.79 Å². The molecular formula is C27H39NO7. The van der Waals surface area contributed by atoms with Crippen molar-refractivity contribution in [1.29, 1.82) is 0 Å². The van der Waals surface area contributed by atoms with Crippen LogP contribution in [0, 0.1) is 6.92 Å². The highest BCUT2D eigenvalue weighted by Crippen LogP contribution is 2.45. The first kappa shape index (κ1) is 28.1. The van der Waals surface area contributed by atoms with Crippen LogP contribution in [0.3, 0.4) is 0 Å². The molecule has 35 heavy (non-hydrogen) atoms. The van der Waals surface area contributed by atoms with E-state index in [2.05, 4.69) is 12.2 Å². The summed E-state index contributed by atoms with van der Waals surface area (Å²) >= 11 is 0. The predicted molar refractivity (Wildman–Crippen MR) is 135 cm³/mol. The molecule has 8 nitrogen and oxygen atoms in total. The number of hydrogen-bond donors (Lipinski definition) is 2. The van der Waals surface area contributed by atoms with Gasteiger partial charge in [-0.05, 0) is 19.4 Å². The zero-order valence-corrected chi connectivity index (χ0v) is 21.6. The minimum absolute atomic E-state index is 0.00723. The lowest BCUT2D eigenvalue weighted by atomic mass is 9.87. The molecule has 1 amide bonds. The highest BCUT2D eigenvalue weighted by molar-refractivity contribution is 5.78. The molecule has 0 aliphatic rings. The number of benzene rings is 1. The van der Waals surface area contributed by atoms with Crippen molar-refractivity contribution in [3.05, 3.63) is 45.5 Å². The third-order valence-electron chi connectivity index (χ3n) is 6.04. The topological polar surface area (TPSA) is 107 Å². The molecule has 0 aliphatic heterocycles. The molecule has 0 spiro atoms. The molecule has 0 fully saturated rings. The SMILES string of the molecule is CCCCCCCCCNC(=O)C[C@@H](c1ccc(OC)c(OC)c1OC)c1c(O)cc(C)oc1=O. The number of methoxy groups -OCH3 is 3. The summed E-state index contributed by atoms with van der Waals surface area (Å²) in [6.07, 6.45) is 7.96. The Bertz CT molecular complexity index is 1020. The molecule has 1 aromatic heterocycles. The third-order valence-corrected chi connectivity index (χ3v) is 6.04. The van der Waals surface area contributed by atoms with Gasteiger partial charge in [-0.2, -0.15) is 0 Å². The Balaban J connectivity index is 2.28. The van der Waals surface area contributed by atoms with Gasteiger partial charge in [0.15, 0.2) is 11.5 Å². The molecule has 194 valence electrons. The fraction of sp³-hybridized carbons (Fsp3) is 0.556. The molecule has 2 rings (SSSR count). The summed E-state index contributed by atoms with van der Waals surface area (Å²) in [5.41, 5.74) is -0.209. The summed E-state index contributed by atoms with van der Waals surface area (Å²) in [6, 6.07) is 4.74. The quantitative estimate of drug-likeness (QED) is 0.336. The lowest BCUT2D eigenvalue weighted by molar-refractivity contribution is -0.121. The standard InChI is InChI=1S/C27H39NO7/c1-6-7-8-9-10-11-12-15-28-23(30)17-20(24-21(29)16-18(2)35-27(24)31)19-13-14-22(32-3)26(34-5)25(19)33-4/h13-14,16,20,29H,6-12,15,17H2,1-5H3,(H,28,30)/t20-/m0/s1. The number of aryl methyl sites for hydroxylation is 1. The Hall–Kier alpha value is -3.16. The van der Waals surface area contributed by atoms with Gasteiger partial charge in [-0.15, -0.1) is 0 Å². The minimum Gasteiger partial charge on any atom is -0.507 e. The molecule has 1 heterocycles. The summed E-state index contributed by atoms with van der Waals surface area (Å²) in [4.78, 5) is 25.7. The summed E-state index contributed by atoms with van der Waals surface area (Å²) in [5, 5.41) is 13.6. The second-order valence-corrected chi connectivity index (χ2v) is 8.59. The lowest BCUT2D eigenvalue weighted by Gasteiger charge is -2.22. The van der Waals surface area contributed by atoms with Gasteiger partial charge in [0.1, 0.15) is 11.5 Å². The van der Waals surface area contributed by atoms with Gasteiger partial charge in [0.25, 0.3) is 0 Å². The Kier molecular flexibility index (Phi) is 11.5. The summed E-state index contributed by atoms with van der Waals surface area (Å²) in [7, 11) is 4.45. The van der Waals surface area contributed by atoms with Crippen molar-refractivity contribution in [3.63, 3.8) is 0 Å². The van der Waals surface area contributed by atoms with Gasteiger partial charge >= 0.3 is 5.63 Å². The number of rotatable bonds is 15. The van der Waals surface area contributed by atoms with E-state index in [9.17, 15) is 14.7 Å². The second-order valence-electron chi connectivity index (χ2n) is 8.59. The number of amides is 1.